The summed E-state index contributed by atoms with van der Waals surface area (Å²) in [4.78, 5) is 44.0. The molecule has 3 aliphatic rings. The molecule has 7 unspecified atom stereocenters. The Bertz CT molecular complexity index is 1850. The van der Waals surface area contributed by atoms with E-state index in [0.717, 1.165) is 15.3 Å². The van der Waals surface area contributed by atoms with Gasteiger partial charge in [-0.25, -0.2) is 0 Å². The van der Waals surface area contributed by atoms with Crippen molar-refractivity contribution in [3.8, 4) is 10.4 Å². The molecule has 64 heavy (non-hydrogen) atoms. The molecule has 4 heterocycles. The van der Waals surface area contributed by atoms with Crippen LogP contribution in [0.1, 0.15) is 113 Å². The summed E-state index contributed by atoms with van der Waals surface area (Å²) in [5.74, 6) is -5.78. The summed E-state index contributed by atoms with van der Waals surface area (Å²) in [7, 11) is 0. The third-order valence-corrected chi connectivity index (χ3v) is 15.2. The van der Waals surface area contributed by atoms with Crippen LogP contribution in [-0.2, 0) is 44.5 Å². The summed E-state index contributed by atoms with van der Waals surface area (Å²) in [5.41, 5.74) is -3.53. The monoisotopic (exact) mass is 917 g/mol. The van der Waals surface area contributed by atoms with E-state index in [1.54, 1.807) is 39.0 Å². The average Bonchev–Trinajstić information content (AvgIpc) is 3.71. The number of benzene rings is 1. The molecule has 17 atom stereocenters. The van der Waals surface area contributed by atoms with Gasteiger partial charge >= 0.3 is 5.97 Å². The highest BCUT2D eigenvalue weighted by molar-refractivity contribution is 7.15. The van der Waals surface area contributed by atoms with Crippen LogP contribution in [0.5, 0.6) is 0 Å². The van der Waals surface area contributed by atoms with Crippen LogP contribution in [0.2, 0.25) is 0 Å². The topological polar surface area (TPSA) is 211 Å². The minimum atomic E-state index is -2.18. The van der Waals surface area contributed by atoms with Crippen LogP contribution < -0.4 is 5.32 Å². The number of cyclic esters (lactones) is 1. The van der Waals surface area contributed by atoms with Gasteiger partial charge in [-0.15, -0.1) is 11.3 Å². The Kier molecular flexibility index (Phi) is 17.5. The number of nitrogens with one attached hydrogen (secondary N) is 1. The fourth-order valence-electron chi connectivity index (χ4n) is 9.99. The molecule has 3 fully saturated rings. The second-order valence-electron chi connectivity index (χ2n) is 20.3. The van der Waals surface area contributed by atoms with E-state index in [-0.39, 0.29) is 50.2 Å². The minimum absolute atomic E-state index is 0.0205. The molecule has 3 saturated heterocycles. The normalized spacial score (nSPS) is 40.3. The summed E-state index contributed by atoms with van der Waals surface area (Å²) in [6.45, 7) is 18.5. The molecule has 360 valence electrons. The molecule has 3 aliphatic heterocycles. The van der Waals surface area contributed by atoms with Gasteiger partial charge in [0.2, 0.25) is 5.91 Å². The molecule has 0 aliphatic carbocycles. The van der Waals surface area contributed by atoms with Gasteiger partial charge < -0.3 is 54.5 Å². The molecule has 5 rings (SSSR count). The fraction of sp³-hybridized carbons (Fsp3) is 0.735. The molecule has 2 aromatic rings. The summed E-state index contributed by atoms with van der Waals surface area (Å²) in [5, 5.41) is 61.5. The van der Waals surface area contributed by atoms with Gasteiger partial charge in [0.05, 0.1) is 48.1 Å². The second-order valence-corrected chi connectivity index (χ2v) is 21.4. The zero-order valence-electron chi connectivity index (χ0n) is 39.6. The van der Waals surface area contributed by atoms with E-state index >= 15 is 0 Å². The van der Waals surface area contributed by atoms with Gasteiger partial charge in [0.25, 0.3) is 0 Å². The highest BCUT2D eigenvalue weighted by Gasteiger charge is 2.53. The average molecular weight is 918 g/mol. The lowest BCUT2D eigenvalue weighted by molar-refractivity contribution is -0.312. The number of ether oxygens (including phenoxy) is 5. The number of Topliss-reactive ketones (excluding diaryl/α,β-unsaturated/α-hetero) is 1. The number of ketones is 1. The van der Waals surface area contributed by atoms with Gasteiger partial charge in [-0.2, -0.15) is 0 Å². The molecule has 0 spiro atoms. The van der Waals surface area contributed by atoms with Crippen molar-refractivity contribution in [3.63, 3.8) is 0 Å². The first-order valence-corrected chi connectivity index (χ1v) is 23.9. The molecular formula is C49H75NO13S. The fourth-order valence-corrected chi connectivity index (χ4v) is 11.0. The summed E-state index contributed by atoms with van der Waals surface area (Å²) < 4.78 is 31.8. The summed E-state index contributed by atoms with van der Waals surface area (Å²) >= 11 is 1.61. The number of hydrogen-bond acceptors (Lipinski definition) is 14. The zero-order chi connectivity index (χ0) is 47.5. The van der Waals surface area contributed by atoms with Crippen molar-refractivity contribution in [2.24, 2.45) is 35.0 Å². The van der Waals surface area contributed by atoms with Crippen LogP contribution in [0.25, 0.3) is 10.4 Å². The maximum Gasteiger partial charge on any atom is 0.311 e. The Balaban J connectivity index is 1.44. The number of rotatable bonds is 11. The van der Waals surface area contributed by atoms with Crippen molar-refractivity contribution < 1.29 is 63.6 Å². The first kappa shape index (κ1) is 52.1. The van der Waals surface area contributed by atoms with E-state index in [9.17, 15) is 39.9 Å². The largest absolute Gasteiger partial charge is 0.459 e. The van der Waals surface area contributed by atoms with E-state index in [0.29, 0.717) is 12.8 Å². The lowest BCUT2D eigenvalue weighted by Gasteiger charge is -2.48. The zero-order valence-corrected chi connectivity index (χ0v) is 40.4. The van der Waals surface area contributed by atoms with Crippen molar-refractivity contribution in [2.45, 2.75) is 187 Å². The minimum Gasteiger partial charge on any atom is -0.459 e. The number of hydrogen-bond donors (Lipinski definition) is 6. The summed E-state index contributed by atoms with van der Waals surface area (Å²) in [6, 6.07) is 14.0. The molecular weight excluding hydrogens is 843 g/mol. The van der Waals surface area contributed by atoms with Crippen LogP contribution in [0.15, 0.2) is 42.5 Å². The van der Waals surface area contributed by atoms with Crippen molar-refractivity contribution >= 4 is 29.0 Å². The predicted molar refractivity (Wildman–Crippen MR) is 242 cm³/mol. The van der Waals surface area contributed by atoms with E-state index in [2.05, 4.69) is 5.32 Å². The van der Waals surface area contributed by atoms with Crippen molar-refractivity contribution in [1.29, 1.82) is 0 Å². The van der Waals surface area contributed by atoms with Gasteiger partial charge in [-0.1, -0.05) is 71.9 Å². The molecule has 0 saturated carbocycles. The van der Waals surface area contributed by atoms with E-state index < -0.39 is 107 Å². The van der Waals surface area contributed by atoms with Gasteiger partial charge in [0, 0.05) is 53.3 Å². The molecule has 1 aromatic carbocycles. The van der Waals surface area contributed by atoms with Gasteiger partial charge in [0.15, 0.2) is 12.6 Å². The molecule has 1 aromatic heterocycles. The van der Waals surface area contributed by atoms with E-state index in [1.165, 1.54) is 20.8 Å². The standard InChI is InChI=1S/C49H75NO13S/c1-26-23-28(3)59-46(40(26)53)63-44-30(5)41(62-38-25-47(8,9)43(55)32(7)60-38)31(6)45(56)61-36(49(11,58)42(54)29(4)39(52)27(2)24-48(44,10)57)21-22-50-37(51)20-18-34-17-19-35(64-34)33-15-13-12-14-16-33/h12-17,19,26-32,36,38,40-44,46,53-55,57-58H,18,20-25H2,1-11H3,(H,50,51)/t26?,27-,28?,29+,30+,31-,32?,36-,38?,40?,41+,42-,43?,44-,46?,48-,49-/m1/s1. The quantitative estimate of drug-likeness (QED) is 0.153. The van der Waals surface area contributed by atoms with Crippen LogP contribution in [0, 0.1) is 35.0 Å². The number of aryl methyl sites for hydroxylation is 1. The number of esters is 1. The Hall–Kier alpha value is -2.83. The smallest absolute Gasteiger partial charge is 0.311 e. The number of carbonyl (C=O) groups excluding carboxylic acids is 3. The SMILES string of the molecule is CC1CC(C)C(O)C(O[C@@H]2[C@@H](C)[C@H](OC3CC(C)(C)C(O)C(C)O3)[C@@H](C)C(=O)O[C@H](CCNC(=O)CCc3ccc(-c4ccccc4)s3)[C@@](C)(O)[C@H](O)[C@@H](C)C(=O)[C@H](C)C[C@@]2(C)O)O1. The number of thiophene rings is 1. The molecule has 15 heteroatoms. The number of aliphatic hydroxyl groups is 5. The third kappa shape index (κ3) is 12.4. The second kappa shape index (κ2) is 21.4. The molecule has 1 amide bonds. The molecule has 0 radical (unpaired) electrons. The van der Waals surface area contributed by atoms with Crippen LogP contribution in [0.4, 0.5) is 0 Å². The summed E-state index contributed by atoms with van der Waals surface area (Å²) in [6.07, 6.45) is -9.06. The van der Waals surface area contributed by atoms with Crippen LogP contribution >= 0.6 is 11.3 Å². The number of carbonyl (C=O) groups is 3. The highest BCUT2D eigenvalue weighted by Crippen LogP contribution is 2.42. The van der Waals surface area contributed by atoms with Crippen molar-refractivity contribution in [1.82, 2.24) is 5.32 Å². The Morgan fingerprint density at radius 2 is 1.53 bits per heavy atom. The van der Waals surface area contributed by atoms with Gasteiger partial charge in [0.1, 0.15) is 23.6 Å². The van der Waals surface area contributed by atoms with Gasteiger partial charge in [-0.05, 0) is 82.9 Å². The maximum absolute atomic E-state index is 14.6. The van der Waals surface area contributed by atoms with Gasteiger partial charge in [-0.3, -0.25) is 14.4 Å². The molecule has 14 nitrogen and oxygen atoms in total. The Morgan fingerprint density at radius 1 is 0.859 bits per heavy atom. The Morgan fingerprint density at radius 3 is 2.19 bits per heavy atom. The predicted octanol–water partition coefficient (Wildman–Crippen LogP) is 5.57. The molecule has 6 N–H and O–H groups in total. The maximum atomic E-state index is 14.6. The first-order chi connectivity index (χ1) is 29.8. The van der Waals surface area contributed by atoms with E-state index in [1.807, 2.05) is 70.2 Å². The number of aliphatic hydroxyl groups excluding tert-OH is 3. The number of amides is 1. The van der Waals surface area contributed by atoms with Crippen LogP contribution in [0.3, 0.4) is 0 Å². The van der Waals surface area contributed by atoms with E-state index in [4.69, 9.17) is 23.7 Å². The first-order valence-electron chi connectivity index (χ1n) is 23.1. The molecule has 0 bridgehead atoms. The highest BCUT2D eigenvalue weighted by atomic mass is 32.1. The van der Waals surface area contributed by atoms with Crippen molar-refractivity contribution in [3.05, 3.63) is 47.3 Å². The lowest BCUT2D eigenvalue weighted by Crippen LogP contribution is -2.59. The lowest BCUT2D eigenvalue weighted by atomic mass is 9.74. The van der Waals surface area contributed by atoms with Crippen LogP contribution in [-0.4, -0.2) is 122 Å². The Labute approximate surface area is 383 Å². The third-order valence-electron chi connectivity index (χ3n) is 14.0. The van der Waals surface area contributed by atoms with Crippen molar-refractivity contribution in [2.75, 3.05) is 6.54 Å².